The Morgan fingerprint density at radius 1 is 1.14 bits per heavy atom. The molecule has 7 heteroatoms. The minimum absolute atomic E-state index is 0.0845. The van der Waals surface area contributed by atoms with Crippen LogP contribution in [0.1, 0.15) is 18.9 Å². The number of halogens is 1. The van der Waals surface area contributed by atoms with Crippen LogP contribution >= 0.6 is 11.6 Å². The third kappa shape index (κ3) is 5.97. The van der Waals surface area contributed by atoms with Crippen LogP contribution in [0.2, 0.25) is 5.02 Å². The molecule has 6 nitrogen and oxygen atoms in total. The Morgan fingerprint density at radius 2 is 1.86 bits per heavy atom. The van der Waals surface area contributed by atoms with E-state index in [-0.39, 0.29) is 11.9 Å². The van der Waals surface area contributed by atoms with Gasteiger partial charge in [-0.3, -0.25) is 9.69 Å². The summed E-state index contributed by atoms with van der Waals surface area (Å²) in [7, 11) is 0. The molecule has 1 saturated heterocycles. The maximum atomic E-state index is 12.4. The van der Waals surface area contributed by atoms with E-state index >= 15 is 0 Å². The van der Waals surface area contributed by atoms with Crippen molar-refractivity contribution < 1.29 is 9.59 Å². The zero-order valence-electron chi connectivity index (χ0n) is 15.8. The van der Waals surface area contributed by atoms with Crippen molar-refractivity contribution in [3.63, 3.8) is 0 Å². The Bertz CT molecular complexity index is 798. The molecule has 3 rings (SSSR count). The van der Waals surface area contributed by atoms with Gasteiger partial charge < -0.3 is 16.0 Å². The van der Waals surface area contributed by atoms with Crippen LogP contribution in [-0.4, -0.2) is 42.0 Å². The van der Waals surface area contributed by atoms with E-state index in [1.165, 1.54) is 5.56 Å². The van der Waals surface area contributed by atoms with Crippen LogP contribution in [-0.2, 0) is 11.3 Å². The molecule has 0 spiro atoms. The van der Waals surface area contributed by atoms with Crippen molar-refractivity contribution in [2.45, 2.75) is 32.0 Å². The van der Waals surface area contributed by atoms with Gasteiger partial charge in [0.1, 0.15) is 6.04 Å². The lowest BCUT2D eigenvalue weighted by atomic mass is 10.2. The predicted molar refractivity (Wildman–Crippen MR) is 111 cm³/mol. The fourth-order valence-corrected chi connectivity index (χ4v) is 3.35. The van der Waals surface area contributed by atoms with E-state index < -0.39 is 12.1 Å². The van der Waals surface area contributed by atoms with Crippen LogP contribution in [0.3, 0.4) is 0 Å². The van der Waals surface area contributed by atoms with Crippen molar-refractivity contribution >= 4 is 29.2 Å². The summed E-state index contributed by atoms with van der Waals surface area (Å²) in [4.78, 5) is 26.7. The Morgan fingerprint density at radius 3 is 2.57 bits per heavy atom. The minimum Gasteiger partial charge on any atom is -0.350 e. The van der Waals surface area contributed by atoms with Gasteiger partial charge in [0, 0.05) is 36.4 Å². The summed E-state index contributed by atoms with van der Waals surface area (Å²) in [6, 6.07) is 16.0. The fraction of sp³-hybridized carbons (Fsp3) is 0.333. The number of carbonyl (C=O) groups excluding carboxylic acids is 2. The summed E-state index contributed by atoms with van der Waals surface area (Å²) in [5.41, 5.74) is 1.88. The lowest BCUT2D eigenvalue weighted by molar-refractivity contribution is -0.123. The summed E-state index contributed by atoms with van der Waals surface area (Å²) < 4.78 is 0. The smallest absolute Gasteiger partial charge is 0.319 e. The van der Waals surface area contributed by atoms with E-state index in [2.05, 4.69) is 20.9 Å². The molecular formula is C21H25ClN4O2. The second-order valence-electron chi connectivity index (χ2n) is 7.04. The number of nitrogens with zero attached hydrogens (tertiary/aromatic N) is 1. The van der Waals surface area contributed by atoms with Gasteiger partial charge in [0.15, 0.2) is 0 Å². The van der Waals surface area contributed by atoms with E-state index in [4.69, 9.17) is 11.6 Å². The Labute approximate surface area is 170 Å². The molecule has 0 unspecified atom stereocenters. The Hall–Kier alpha value is -2.57. The highest BCUT2D eigenvalue weighted by atomic mass is 35.5. The first-order valence-corrected chi connectivity index (χ1v) is 9.77. The quantitative estimate of drug-likeness (QED) is 0.696. The van der Waals surface area contributed by atoms with Crippen molar-refractivity contribution in [1.29, 1.82) is 0 Å². The lowest BCUT2D eigenvalue weighted by Crippen LogP contribution is -2.49. The summed E-state index contributed by atoms with van der Waals surface area (Å²) in [6.07, 6.45) is 0.891. The maximum absolute atomic E-state index is 12.4. The van der Waals surface area contributed by atoms with Gasteiger partial charge in [-0.1, -0.05) is 41.9 Å². The molecule has 0 bridgehead atoms. The first-order chi connectivity index (χ1) is 13.5. The van der Waals surface area contributed by atoms with Crippen molar-refractivity contribution in [3.05, 3.63) is 65.2 Å². The highest BCUT2D eigenvalue weighted by Crippen LogP contribution is 2.16. The predicted octanol–water partition coefficient (Wildman–Crippen LogP) is 3.24. The number of nitrogens with one attached hydrogen (secondary N) is 3. The van der Waals surface area contributed by atoms with Crippen molar-refractivity contribution in [2.75, 3.05) is 18.4 Å². The molecule has 3 N–H and O–H groups in total. The van der Waals surface area contributed by atoms with Crippen LogP contribution in [0.4, 0.5) is 10.5 Å². The van der Waals surface area contributed by atoms with Crippen LogP contribution < -0.4 is 16.0 Å². The average molecular weight is 401 g/mol. The number of hydrogen-bond acceptors (Lipinski definition) is 3. The van der Waals surface area contributed by atoms with Crippen LogP contribution in [0, 0.1) is 0 Å². The molecule has 3 amide bonds. The third-order valence-electron chi connectivity index (χ3n) is 4.71. The molecule has 2 atom stereocenters. The average Bonchev–Trinajstić information content (AvgIpc) is 3.11. The van der Waals surface area contributed by atoms with Gasteiger partial charge in [0.05, 0.1) is 0 Å². The molecule has 1 aliphatic rings. The number of anilines is 1. The first-order valence-electron chi connectivity index (χ1n) is 9.39. The molecule has 2 aromatic rings. The van der Waals surface area contributed by atoms with Gasteiger partial charge >= 0.3 is 6.03 Å². The van der Waals surface area contributed by atoms with Crippen LogP contribution in [0.25, 0.3) is 0 Å². The minimum atomic E-state index is -0.617. The SMILES string of the molecule is C[C@H](NC(=O)Nc1ccccc1)C(=O)N[C@@H]1CCN(Cc2ccc(Cl)cc2)C1. The molecule has 0 aromatic heterocycles. The molecule has 1 aliphatic heterocycles. The number of amides is 3. The van der Waals surface area contributed by atoms with Crippen molar-refractivity contribution in [1.82, 2.24) is 15.5 Å². The summed E-state index contributed by atoms with van der Waals surface area (Å²) in [6.45, 7) is 4.22. The first kappa shape index (κ1) is 20.2. The van der Waals surface area contributed by atoms with Crippen molar-refractivity contribution in [3.8, 4) is 0 Å². The van der Waals surface area contributed by atoms with Crippen LogP contribution in [0.15, 0.2) is 54.6 Å². The number of likely N-dealkylation sites (tertiary alicyclic amines) is 1. The lowest BCUT2D eigenvalue weighted by Gasteiger charge is -2.19. The number of urea groups is 1. The van der Waals surface area contributed by atoms with Gasteiger partial charge in [0.2, 0.25) is 5.91 Å². The van der Waals surface area contributed by atoms with E-state index in [1.807, 2.05) is 42.5 Å². The fourth-order valence-electron chi connectivity index (χ4n) is 3.22. The molecule has 1 heterocycles. The van der Waals surface area contributed by atoms with Gasteiger partial charge in [-0.25, -0.2) is 4.79 Å². The van der Waals surface area contributed by atoms with Gasteiger partial charge in [-0.05, 0) is 43.2 Å². The van der Waals surface area contributed by atoms with Gasteiger partial charge in [-0.2, -0.15) is 0 Å². The van der Waals surface area contributed by atoms with Crippen molar-refractivity contribution in [2.24, 2.45) is 0 Å². The maximum Gasteiger partial charge on any atom is 0.319 e. The third-order valence-corrected chi connectivity index (χ3v) is 4.96. The zero-order chi connectivity index (χ0) is 19.9. The summed E-state index contributed by atoms with van der Waals surface area (Å²) in [5.74, 6) is -0.179. The highest BCUT2D eigenvalue weighted by molar-refractivity contribution is 6.30. The molecule has 1 fully saturated rings. The zero-order valence-corrected chi connectivity index (χ0v) is 16.6. The summed E-state index contributed by atoms with van der Waals surface area (Å²) >= 11 is 5.92. The summed E-state index contributed by atoms with van der Waals surface area (Å²) in [5, 5.41) is 9.14. The molecule has 28 heavy (non-hydrogen) atoms. The van der Waals surface area contributed by atoms with E-state index in [0.717, 1.165) is 31.1 Å². The van der Waals surface area contributed by atoms with Gasteiger partial charge in [-0.15, -0.1) is 0 Å². The molecule has 148 valence electrons. The Balaban J connectivity index is 1.41. The normalized spacial score (nSPS) is 17.7. The second kappa shape index (κ2) is 9.57. The number of rotatable bonds is 6. The molecular weight excluding hydrogens is 376 g/mol. The van der Waals surface area contributed by atoms with Gasteiger partial charge in [0.25, 0.3) is 0 Å². The van der Waals surface area contributed by atoms with E-state index in [1.54, 1.807) is 19.1 Å². The van der Waals surface area contributed by atoms with Crippen LogP contribution in [0.5, 0.6) is 0 Å². The Kier molecular flexibility index (Phi) is 6.90. The highest BCUT2D eigenvalue weighted by Gasteiger charge is 2.26. The molecule has 0 aliphatic carbocycles. The standard InChI is InChI=1S/C21H25ClN4O2/c1-15(23-21(28)25-18-5-3-2-4-6-18)20(27)24-19-11-12-26(14-19)13-16-7-9-17(22)10-8-16/h2-10,15,19H,11-14H2,1H3,(H,24,27)(H2,23,25,28)/t15-,19+/m0/s1. The molecule has 0 radical (unpaired) electrons. The van der Waals surface area contributed by atoms with E-state index in [9.17, 15) is 9.59 Å². The molecule has 0 saturated carbocycles. The second-order valence-corrected chi connectivity index (χ2v) is 7.48. The molecule has 2 aromatic carbocycles. The number of hydrogen-bond donors (Lipinski definition) is 3. The van der Waals surface area contributed by atoms with E-state index in [0.29, 0.717) is 5.69 Å². The number of benzene rings is 2. The number of para-hydroxylation sites is 1. The number of carbonyl (C=O) groups is 2. The topological polar surface area (TPSA) is 73.5 Å². The monoisotopic (exact) mass is 400 g/mol. The largest absolute Gasteiger partial charge is 0.350 e.